The number of hydrogen-bond acceptors (Lipinski definition) is 2. The van der Waals surface area contributed by atoms with Gasteiger partial charge in [0.05, 0.1) is 17.3 Å². The Morgan fingerprint density at radius 1 is 1.29 bits per heavy atom. The third-order valence-corrected chi connectivity index (χ3v) is 2.65. The molecule has 17 heavy (non-hydrogen) atoms. The lowest BCUT2D eigenvalue weighted by Crippen LogP contribution is -2.06. The molecule has 1 heterocycles. The number of rotatable bonds is 2. The summed E-state index contributed by atoms with van der Waals surface area (Å²) < 4.78 is 27.9. The molecule has 0 amide bonds. The Labute approximate surface area is 96.7 Å². The van der Waals surface area contributed by atoms with Gasteiger partial charge in [0.1, 0.15) is 11.6 Å². The molecule has 2 aromatic rings. The molecule has 0 N–H and O–H groups in total. The van der Waals surface area contributed by atoms with Crippen molar-refractivity contribution in [3.05, 3.63) is 52.9 Å². The normalized spacial score (nSPS) is 10.6. The molecule has 0 saturated heterocycles. The van der Waals surface area contributed by atoms with E-state index in [4.69, 9.17) is 0 Å². The number of nitrogens with zero attached hydrogens (tertiary/aromatic N) is 2. The molecular formula is C12H10F2N2O. The van der Waals surface area contributed by atoms with E-state index >= 15 is 0 Å². The number of aryl methyl sites for hydroxylation is 1. The molecule has 3 nitrogen and oxygen atoms in total. The zero-order valence-electron chi connectivity index (χ0n) is 9.37. The van der Waals surface area contributed by atoms with Gasteiger partial charge >= 0.3 is 0 Å². The van der Waals surface area contributed by atoms with E-state index in [0.717, 1.165) is 18.2 Å². The summed E-state index contributed by atoms with van der Waals surface area (Å²) in [5, 5.41) is 3.89. The molecular weight excluding hydrogens is 226 g/mol. The molecule has 1 aromatic carbocycles. The highest BCUT2D eigenvalue weighted by molar-refractivity contribution is 6.09. The molecule has 5 heteroatoms. The maximum atomic E-state index is 13.4. The van der Waals surface area contributed by atoms with Crippen LogP contribution < -0.4 is 0 Å². The van der Waals surface area contributed by atoms with Crippen LogP contribution in [0.1, 0.15) is 21.6 Å². The minimum atomic E-state index is -0.736. The molecule has 88 valence electrons. The summed E-state index contributed by atoms with van der Waals surface area (Å²) in [6, 6.07) is 2.81. The van der Waals surface area contributed by atoms with E-state index < -0.39 is 17.4 Å². The first kappa shape index (κ1) is 11.4. The summed E-state index contributed by atoms with van der Waals surface area (Å²) >= 11 is 0. The lowest BCUT2D eigenvalue weighted by Gasteiger charge is -2.02. The van der Waals surface area contributed by atoms with Gasteiger partial charge in [-0.05, 0) is 25.1 Å². The van der Waals surface area contributed by atoms with Crippen molar-refractivity contribution in [2.45, 2.75) is 6.92 Å². The van der Waals surface area contributed by atoms with Gasteiger partial charge in [0, 0.05) is 12.7 Å². The fourth-order valence-electron chi connectivity index (χ4n) is 1.54. The molecule has 0 fully saturated rings. The second kappa shape index (κ2) is 4.08. The highest BCUT2D eigenvalue weighted by Gasteiger charge is 2.18. The van der Waals surface area contributed by atoms with Crippen LogP contribution in [0.25, 0.3) is 0 Å². The van der Waals surface area contributed by atoms with Crippen LogP contribution in [-0.2, 0) is 7.05 Å². The van der Waals surface area contributed by atoms with Gasteiger partial charge < -0.3 is 0 Å². The molecule has 0 aliphatic heterocycles. The van der Waals surface area contributed by atoms with Crippen LogP contribution in [0.2, 0.25) is 0 Å². The third kappa shape index (κ3) is 1.95. The molecule has 0 atom stereocenters. The predicted molar refractivity (Wildman–Crippen MR) is 57.7 cm³/mol. The third-order valence-electron chi connectivity index (χ3n) is 2.65. The summed E-state index contributed by atoms with van der Waals surface area (Å²) in [7, 11) is 1.67. The SMILES string of the molecule is Cc1c(C(=O)c2cc(F)ccc2F)cnn1C. The van der Waals surface area contributed by atoms with Gasteiger partial charge in [-0.3, -0.25) is 9.48 Å². The fraction of sp³-hybridized carbons (Fsp3) is 0.167. The average Bonchev–Trinajstić information content (AvgIpc) is 2.62. The van der Waals surface area contributed by atoms with E-state index in [2.05, 4.69) is 5.10 Å². The van der Waals surface area contributed by atoms with Crippen molar-refractivity contribution >= 4 is 5.78 Å². The topological polar surface area (TPSA) is 34.9 Å². The second-order valence-corrected chi connectivity index (χ2v) is 3.72. The molecule has 0 spiro atoms. The molecule has 0 radical (unpaired) electrons. The molecule has 1 aromatic heterocycles. The van der Waals surface area contributed by atoms with E-state index in [1.165, 1.54) is 10.9 Å². The van der Waals surface area contributed by atoms with Crippen molar-refractivity contribution in [1.82, 2.24) is 9.78 Å². The van der Waals surface area contributed by atoms with Crippen LogP contribution in [0.4, 0.5) is 8.78 Å². The Balaban J connectivity index is 2.51. The van der Waals surface area contributed by atoms with Crippen molar-refractivity contribution < 1.29 is 13.6 Å². The molecule has 0 bridgehead atoms. The van der Waals surface area contributed by atoms with Crippen molar-refractivity contribution in [3.8, 4) is 0 Å². The Hall–Kier alpha value is -2.04. The van der Waals surface area contributed by atoms with Crippen LogP contribution in [0.3, 0.4) is 0 Å². The summed E-state index contributed by atoms with van der Waals surface area (Å²) in [6.07, 6.45) is 1.35. The smallest absolute Gasteiger partial charge is 0.199 e. The van der Waals surface area contributed by atoms with E-state index in [1.807, 2.05) is 0 Å². The van der Waals surface area contributed by atoms with Crippen molar-refractivity contribution in [2.75, 3.05) is 0 Å². The van der Waals surface area contributed by atoms with Crippen molar-refractivity contribution in [1.29, 1.82) is 0 Å². The monoisotopic (exact) mass is 236 g/mol. The maximum absolute atomic E-state index is 13.4. The highest BCUT2D eigenvalue weighted by Crippen LogP contribution is 2.17. The average molecular weight is 236 g/mol. The lowest BCUT2D eigenvalue weighted by atomic mass is 10.0. The van der Waals surface area contributed by atoms with Gasteiger partial charge in [-0.1, -0.05) is 0 Å². The van der Waals surface area contributed by atoms with Gasteiger partial charge in [0.2, 0.25) is 0 Å². The summed E-state index contributed by atoms with van der Waals surface area (Å²) in [5.74, 6) is -1.94. The first-order chi connectivity index (χ1) is 8.00. The van der Waals surface area contributed by atoms with E-state index in [-0.39, 0.29) is 11.1 Å². The number of hydrogen-bond donors (Lipinski definition) is 0. The van der Waals surface area contributed by atoms with E-state index in [0.29, 0.717) is 5.69 Å². The van der Waals surface area contributed by atoms with Crippen molar-refractivity contribution in [3.63, 3.8) is 0 Å². The molecule has 0 saturated carbocycles. The van der Waals surface area contributed by atoms with Gasteiger partial charge in [0.15, 0.2) is 5.78 Å². The van der Waals surface area contributed by atoms with Crippen LogP contribution in [0.5, 0.6) is 0 Å². The largest absolute Gasteiger partial charge is 0.288 e. The molecule has 0 aliphatic rings. The minimum Gasteiger partial charge on any atom is -0.288 e. The zero-order chi connectivity index (χ0) is 12.6. The van der Waals surface area contributed by atoms with Gasteiger partial charge in [-0.15, -0.1) is 0 Å². The van der Waals surface area contributed by atoms with Crippen LogP contribution in [0.15, 0.2) is 24.4 Å². The Morgan fingerprint density at radius 3 is 2.59 bits per heavy atom. The number of carbonyl (C=O) groups is 1. The van der Waals surface area contributed by atoms with Crippen LogP contribution >= 0.6 is 0 Å². The number of ketones is 1. The predicted octanol–water partition coefficient (Wildman–Crippen LogP) is 2.24. The fourth-order valence-corrected chi connectivity index (χ4v) is 1.54. The summed E-state index contributed by atoms with van der Waals surface area (Å²) in [5.41, 5.74) is 0.608. The second-order valence-electron chi connectivity index (χ2n) is 3.72. The summed E-state index contributed by atoms with van der Waals surface area (Å²) in [4.78, 5) is 12.0. The molecule has 0 aliphatic carbocycles. The van der Waals surface area contributed by atoms with Gasteiger partial charge in [-0.2, -0.15) is 5.10 Å². The van der Waals surface area contributed by atoms with Gasteiger partial charge in [-0.25, -0.2) is 8.78 Å². The Morgan fingerprint density at radius 2 is 2.00 bits per heavy atom. The summed E-state index contributed by atoms with van der Waals surface area (Å²) in [6.45, 7) is 1.69. The zero-order valence-corrected chi connectivity index (χ0v) is 9.37. The quantitative estimate of drug-likeness (QED) is 0.749. The van der Waals surface area contributed by atoms with Crippen molar-refractivity contribution in [2.24, 2.45) is 7.05 Å². The van der Waals surface area contributed by atoms with Crippen LogP contribution in [0, 0.1) is 18.6 Å². The van der Waals surface area contributed by atoms with Crippen LogP contribution in [-0.4, -0.2) is 15.6 Å². The number of halogens is 2. The highest BCUT2D eigenvalue weighted by atomic mass is 19.1. The molecule has 2 rings (SSSR count). The number of carbonyl (C=O) groups excluding carboxylic acids is 1. The number of benzene rings is 1. The molecule has 0 unspecified atom stereocenters. The minimum absolute atomic E-state index is 0.275. The van der Waals surface area contributed by atoms with E-state index in [9.17, 15) is 13.6 Å². The van der Waals surface area contributed by atoms with Gasteiger partial charge in [0.25, 0.3) is 0 Å². The Bertz CT molecular complexity index is 590. The lowest BCUT2D eigenvalue weighted by molar-refractivity contribution is 0.103. The first-order valence-electron chi connectivity index (χ1n) is 4.99. The number of aromatic nitrogens is 2. The van der Waals surface area contributed by atoms with E-state index in [1.54, 1.807) is 14.0 Å². The maximum Gasteiger partial charge on any atom is 0.199 e. The first-order valence-corrected chi connectivity index (χ1v) is 4.99. The Kier molecular flexibility index (Phi) is 2.75. The standard InChI is InChI=1S/C12H10F2N2O/c1-7-10(6-15-16(7)2)12(17)9-5-8(13)3-4-11(9)14/h3-6H,1-2H3.